The van der Waals surface area contributed by atoms with Crippen LogP contribution in [0.3, 0.4) is 0 Å². The largest absolute Gasteiger partial charge is 0.507 e. The van der Waals surface area contributed by atoms with Crippen LogP contribution in [0.5, 0.6) is 5.75 Å². The average Bonchev–Trinajstić information content (AvgIpc) is 3.28. The van der Waals surface area contributed by atoms with Crippen LogP contribution in [0.4, 0.5) is 5.69 Å². The number of ketones is 1. The first-order chi connectivity index (χ1) is 14.4. The number of aryl methyl sites for hydroxylation is 1. The summed E-state index contributed by atoms with van der Waals surface area (Å²) in [6, 6.07) is 14.7. The van der Waals surface area contributed by atoms with E-state index in [1.807, 2.05) is 18.4 Å². The van der Waals surface area contributed by atoms with Gasteiger partial charge in [0.1, 0.15) is 17.6 Å². The van der Waals surface area contributed by atoms with Gasteiger partial charge >= 0.3 is 0 Å². The summed E-state index contributed by atoms with van der Waals surface area (Å²) in [6.07, 6.45) is 0. The van der Waals surface area contributed by atoms with Crippen LogP contribution in [-0.4, -0.2) is 23.9 Å². The number of aliphatic hydroxyl groups is 1. The number of thiophene rings is 1. The number of rotatable bonds is 4. The van der Waals surface area contributed by atoms with Gasteiger partial charge in [-0.15, -0.1) is 11.3 Å². The maximum absolute atomic E-state index is 13.1. The number of carbonyl (C=O) groups is 2. The van der Waals surface area contributed by atoms with Crippen molar-refractivity contribution in [2.45, 2.75) is 13.0 Å². The van der Waals surface area contributed by atoms with Crippen molar-refractivity contribution in [2.75, 3.05) is 12.0 Å². The lowest BCUT2D eigenvalue weighted by Crippen LogP contribution is -2.29. The Morgan fingerprint density at radius 3 is 2.57 bits per heavy atom. The molecule has 2 aromatic carbocycles. The number of hydrogen-bond donors (Lipinski definition) is 1. The van der Waals surface area contributed by atoms with Crippen molar-refractivity contribution in [1.82, 2.24) is 0 Å². The Labute approximate surface area is 182 Å². The van der Waals surface area contributed by atoms with Gasteiger partial charge in [-0.25, -0.2) is 0 Å². The molecule has 1 aliphatic rings. The van der Waals surface area contributed by atoms with Gasteiger partial charge < -0.3 is 9.84 Å². The molecule has 0 spiro atoms. The van der Waals surface area contributed by atoms with Crippen LogP contribution in [0.2, 0.25) is 5.02 Å². The van der Waals surface area contributed by atoms with E-state index in [1.165, 1.54) is 23.3 Å². The summed E-state index contributed by atoms with van der Waals surface area (Å²) in [5, 5.41) is 13.4. The van der Waals surface area contributed by atoms with Gasteiger partial charge in [0.2, 0.25) is 0 Å². The molecule has 0 bridgehead atoms. The van der Waals surface area contributed by atoms with Crippen LogP contribution >= 0.6 is 22.9 Å². The molecule has 1 unspecified atom stereocenters. The third-order valence-corrected chi connectivity index (χ3v) is 6.33. The van der Waals surface area contributed by atoms with Crippen molar-refractivity contribution in [1.29, 1.82) is 0 Å². The molecule has 152 valence electrons. The van der Waals surface area contributed by atoms with E-state index in [1.54, 1.807) is 48.5 Å². The quantitative estimate of drug-likeness (QED) is 0.338. The number of benzene rings is 2. The summed E-state index contributed by atoms with van der Waals surface area (Å²) in [6.45, 7) is 1.91. The average molecular weight is 440 g/mol. The molecular weight excluding hydrogens is 422 g/mol. The minimum atomic E-state index is -0.754. The van der Waals surface area contributed by atoms with Crippen LogP contribution < -0.4 is 9.64 Å². The second-order valence-corrected chi connectivity index (χ2v) is 8.23. The zero-order valence-corrected chi connectivity index (χ0v) is 17.8. The fourth-order valence-corrected chi connectivity index (χ4v) is 4.78. The Balaban J connectivity index is 1.96. The second-order valence-electron chi connectivity index (χ2n) is 6.85. The smallest absolute Gasteiger partial charge is 0.300 e. The highest BCUT2D eigenvalue weighted by Crippen LogP contribution is 2.45. The van der Waals surface area contributed by atoms with Crippen molar-refractivity contribution < 1.29 is 19.4 Å². The number of amides is 1. The van der Waals surface area contributed by atoms with Crippen LogP contribution in [0, 0.1) is 6.92 Å². The van der Waals surface area contributed by atoms with E-state index in [-0.39, 0.29) is 11.3 Å². The van der Waals surface area contributed by atoms with Crippen molar-refractivity contribution >= 4 is 46.1 Å². The molecule has 1 N–H and O–H groups in total. The van der Waals surface area contributed by atoms with Gasteiger partial charge in [0.05, 0.1) is 12.7 Å². The number of nitrogens with zero attached hydrogens (tertiary/aromatic N) is 1. The summed E-state index contributed by atoms with van der Waals surface area (Å²) in [5.74, 6) is -1.14. The molecule has 4 rings (SSSR count). The second kappa shape index (κ2) is 7.97. The Kier molecular flexibility index (Phi) is 5.37. The maximum atomic E-state index is 13.1. The zero-order valence-electron chi connectivity index (χ0n) is 16.3. The van der Waals surface area contributed by atoms with Crippen LogP contribution in [-0.2, 0) is 9.59 Å². The summed E-state index contributed by atoms with van der Waals surface area (Å²) >= 11 is 7.50. The number of carbonyl (C=O) groups excluding carboxylic acids is 2. The minimum absolute atomic E-state index is 0.0376. The molecule has 1 fully saturated rings. The lowest BCUT2D eigenvalue weighted by molar-refractivity contribution is -0.132. The van der Waals surface area contributed by atoms with Gasteiger partial charge in [0.15, 0.2) is 0 Å². The van der Waals surface area contributed by atoms with E-state index in [9.17, 15) is 14.7 Å². The number of methoxy groups -OCH3 is 1. The van der Waals surface area contributed by atoms with Gasteiger partial charge in [-0.1, -0.05) is 29.8 Å². The molecule has 2 heterocycles. The zero-order chi connectivity index (χ0) is 21.4. The SMILES string of the molecule is COc1cccc(N2C(=O)C(=O)/C(=C(\O)c3cccc(Cl)c3)C2c2sccc2C)c1. The monoisotopic (exact) mass is 439 g/mol. The third kappa shape index (κ3) is 3.38. The van der Waals surface area contributed by atoms with Crippen molar-refractivity contribution in [3.05, 3.63) is 86.6 Å². The summed E-state index contributed by atoms with van der Waals surface area (Å²) < 4.78 is 5.29. The molecule has 0 aliphatic carbocycles. The van der Waals surface area contributed by atoms with Gasteiger partial charge in [0, 0.05) is 27.2 Å². The number of ether oxygens (including phenoxy) is 1. The number of halogens is 1. The summed E-state index contributed by atoms with van der Waals surface area (Å²) in [7, 11) is 1.53. The fraction of sp³-hybridized carbons (Fsp3) is 0.130. The Morgan fingerprint density at radius 2 is 1.90 bits per heavy atom. The van der Waals surface area contributed by atoms with Crippen LogP contribution in [0.25, 0.3) is 5.76 Å². The number of Topliss-reactive ketones (excluding diaryl/α,β-unsaturated/α-hetero) is 1. The van der Waals surface area contributed by atoms with Crippen LogP contribution in [0.15, 0.2) is 65.6 Å². The molecule has 0 saturated carbocycles. The Hall–Kier alpha value is -3.09. The molecular formula is C23H18ClNO4S. The molecule has 1 saturated heterocycles. The molecule has 0 radical (unpaired) electrons. The van der Waals surface area contributed by atoms with Gasteiger partial charge in [-0.3, -0.25) is 14.5 Å². The molecule has 1 aliphatic heterocycles. The molecule has 1 amide bonds. The predicted molar refractivity (Wildman–Crippen MR) is 118 cm³/mol. The summed E-state index contributed by atoms with van der Waals surface area (Å²) in [5.41, 5.74) is 1.86. The molecule has 3 aromatic rings. The number of anilines is 1. The standard InChI is InChI=1S/C23H18ClNO4S/c1-13-9-10-30-22(13)19-18(20(26)14-5-3-6-15(24)11-14)21(27)23(28)25(19)16-7-4-8-17(12-16)29-2/h3-12,19,26H,1-2H3/b20-18-. The van der Waals surface area contributed by atoms with E-state index in [2.05, 4.69) is 0 Å². The highest BCUT2D eigenvalue weighted by molar-refractivity contribution is 7.10. The first-order valence-electron chi connectivity index (χ1n) is 9.17. The minimum Gasteiger partial charge on any atom is -0.507 e. The number of hydrogen-bond acceptors (Lipinski definition) is 5. The van der Waals surface area contributed by atoms with E-state index in [4.69, 9.17) is 16.3 Å². The van der Waals surface area contributed by atoms with Gasteiger partial charge in [-0.05, 0) is 48.2 Å². The lowest BCUT2D eigenvalue weighted by Gasteiger charge is -2.25. The normalized spacial score (nSPS) is 18.1. The number of aliphatic hydroxyl groups excluding tert-OH is 1. The van der Waals surface area contributed by atoms with Crippen LogP contribution in [0.1, 0.15) is 22.0 Å². The first-order valence-corrected chi connectivity index (χ1v) is 10.4. The lowest BCUT2D eigenvalue weighted by atomic mass is 9.98. The van der Waals surface area contributed by atoms with E-state index in [0.29, 0.717) is 22.0 Å². The molecule has 1 aromatic heterocycles. The Bertz CT molecular complexity index is 1180. The van der Waals surface area contributed by atoms with E-state index < -0.39 is 17.7 Å². The maximum Gasteiger partial charge on any atom is 0.300 e. The highest BCUT2D eigenvalue weighted by atomic mass is 35.5. The molecule has 30 heavy (non-hydrogen) atoms. The first kappa shape index (κ1) is 20.2. The Morgan fingerprint density at radius 1 is 1.13 bits per heavy atom. The van der Waals surface area contributed by atoms with Gasteiger partial charge in [-0.2, -0.15) is 0 Å². The predicted octanol–water partition coefficient (Wildman–Crippen LogP) is 5.34. The summed E-state index contributed by atoms with van der Waals surface area (Å²) in [4.78, 5) is 28.4. The molecule has 1 atom stereocenters. The van der Waals surface area contributed by atoms with Crippen molar-refractivity contribution in [3.63, 3.8) is 0 Å². The highest BCUT2D eigenvalue weighted by Gasteiger charge is 2.48. The van der Waals surface area contributed by atoms with E-state index in [0.717, 1.165) is 10.4 Å². The van der Waals surface area contributed by atoms with E-state index >= 15 is 0 Å². The topological polar surface area (TPSA) is 66.8 Å². The third-order valence-electron chi connectivity index (χ3n) is 5.02. The van der Waals surface area contributed by atoms with Gasteiger partial charge in [0.25, 0.3) is 11.7 Å². The fourth-order valence-electron chi connectivity index (χ4n) is 3.56. The van der Waals surface area contributed by atoms with Crippen molar-refractivity contribution in [3.8, 4) is 5.75 Å². The van der Waals surface area contributed by atoms with Crippen molar-refractivity contribution in [2.24, 2.45) is 0 Å². The molecule has 7 heteroatoms. The molecule has 5 nitrogen and oxygen atoms in total.